The molecule has 4 heteroatoms. The van der Waals surface area contributed by atoms with Crippen LogP contribution in [0.25, 0.3) is 11.5 Å². The van der Waals surface area contributed by atoms with Gasteiger partial charge in [0.25, 0.3) is 0 Å². The van der Waals surface area contributed by atoms with Gasteiger partial charge >= 0.3 is 0 Å². The highest BCUT2D eigenvalue weighted by Crippen LogP contribution is 2.21. The quantitative estimate of drug-likeness (QED) is 0.828. The van der Waals surface area contributed by atoms with Crippen molar-refractivity contribution in [1.29, 1.82) is 0 Å². The predicted molar refractivity (Wildman–Crippen MR) is 56.4 cm³/mol. The van der Waals surface area contributed by atoms with Gasteiger partial charge in [-0.2, -0.15) is 0 Å². The number of nitrogens with zero attached hydrogens (tertiary/aromatic N) is 1. The van der Waals surface area contributed by atoms with Crippen LogP contribution in [0.2, 0.25) is 0 Å². The fourth-order valence-electron chi connectivity index (χ4n) is 1.27. The highest BCUT2D eigenvalue weighted by molar-refractivity contribution is 5.54. The molecule has 0 bridgehead atoms. The molecule has 2 N–H and O–H groups in total. The summed E-state index contributed by atoms with van der Waals surface area (Å²) in [5.74, 6) is 2.07. The number of methoxy groups -OCH3 is 1. The molecule has 2 aromatic rings. The second-order valence-electron chi connectivity index (χ2n) is 3.06. The Hall–Kier alpha value is -1.81. The number of ether oxygens (including phenoxy) is 1. The van der Waals surface area contributed by atoms with Gasteiger partial charge in [0.2, 0.25) is 5.89 Å². The Bertz CT molecular complexity index is 434. The number of hydrogen-bond acceptors (Lipinski definition) is 4. The highest BCUT2D eigenvalue weighted by atomic mass is 16.5. The summed E-state index contributed by atoms with van der Waals surface area (Å²) in [6.07, 6.45) is 1.64. The van der Waals surface area contributed by atoms with Crippen molar-refractivity contribution in [2.45, 2.75) is 6.54 Å². The molecule has 0 amide bonds. The van der Waals surface area contributed by atoms with E-state index in [-0.39, 0.29) is 0 Å². The molecule has 1 aromatic carbocycles. The van der Waals surface area contributed by atoms with Gasteiger partial charge in [-0.3, -0.25) is 0 Å². The van der Waals surface area contributed by atoms with E-state index in [1.54, 1.807) is 13.3 Å². The molecule has 0 radical (unpaired) electrons. The molecule has 0 aliphatic carbocycles. The average molecular weight is 204 g/mol. The number of rotatable bonds is 3. The maximum absolute atomic E-state index is 5.43. The van der Waals surface area contributed by atoms with Crippen molar-refractivity contribution in [2.75, 3.05) is 7.11 Å². The average Bonchev–Trinajstić information content (AvgIpc) is 2.78. The SMILES string of the molecule is COc1ccc(-c2ncc(CN)o2)cc1. The van der Waals surface area contributed by atoms with Gasteiger partial charge in [-0.15, -0.1) is 0 Å². The van der Waals surface area contributed by atoms with E-state index in [0.717, 1.165) is 11.3 Å². The van der Waals surface area contributed by atoms with Crippen LogP contribution in [0.15, 0.2) is 34.9 Å². The lowest BCUT2D eigenvalue weighted by Gasteiger charge is -1.99. The summed E-state index contributed by atoms with van der Waals surface area (Å²) in [4.78, 5) is 4.13. The second kappa shape index (κ2) is 4.14. The molecule has 0 atom stereocenters. The number of oxazole rings is 1. The maximum atomic E-state index is 5.43. The van der Waals surface area contributed by atoms with Crippen molar-refractivity contribution in [3.05, 3.63) is 36.2 Å². The van der Waals surface area contributed by atoms with Crippen LogP contribution in [0.1, 0.15) is 5.76 Å². The molecule has 1 aromatic heterocycles. The molecule has 78 valence electrons. The van der Waals surface area contributed by atoms with Crippen LogP contribution in [-0.4, -0.2) is 12.1 Å². The van der Waals surface area contributed by atoms with E-state index in [4.69, 9.17) is 14.9 Å². The number of benzene rings is 1. The van der Waals surface area contributed by atoms with Crippen LogP contribution >= 0.6 is 0 Å². The van der Waals surface area contributed by atoms with Gasteiger partial charge in [0.15, 0.2) is 0 Å². The monoisotopic (exact) mass is 204 g/mol. The second-order valence-corrected chi connectivity index (χ2v) is 3.06. The third-order valence-corrected chi connectivity index (χ3v) is 2.09. The number of aromatic nitrogens is 1. The fourth-order valence-corrected chi connectivity index (χ4v) is 1.27. The molecule has 2 rings (SSSR count). The molecule has 0 aliphatic rings. The topological polar surface area (TPSA) is 61.3 Å². The summed E-state index contributed by atoms with van der Waals surface area (Å²) in [6.45, 7) is 0.364. The molecule has 0 saturated carbocycles. The highest BCUT2D eigenvalue weighted by Gasteiger charge is 2.05. The lowest BCUT2D eigenvalue weighted by Crippen LogP contribution is -1.92. The Kier molecular flexibility index (Phi) is 2.69. The third kappa shape index (κ3) is 1.99. The predicted octanol–water partition coefficient (Wildman–Crippen LogP) is 1.81. The largest absolute Gasteiger partial charge is 0.497 e. The van der Waals surface area contributed by atoms with E-state index < -0.39 is 0 Å². The van der Waals surface area contributed by atoms with Crippen LogP contribution in [-0.2, 0) is 6.54 Å². The van der Waals surface area contributed by atoms with Crippen molar-refractivity contribution in [2.24, 2.45) is 5.73 Å². The first-order valence-electron chi connectivity index (χ1n) is 4.62. The Balaban J connectivity index is 2.28. The lowest BCUT2D eigenvalue weighted by atomic mass is 10.2. The Morgan fingerprint density at radius 1 is 1.33 bits per heavy atom. The molecular weight excluding hydrogens is 192 g/mol. The Labute approximate surface area is 87.7 Å². The van der Waals surface area contributed by atoms with Crippen LogP contribution < -0.4 is 10.5 Å². The summed E-state index contributed by atoms with van der Waals surface area (Å²) in [5, 5.41) is 0. The van der Waals surface area contributed by atoms with Crippen molar-refractivity contribution in [3.63, 3.8) is 0 Å². The van der Waals surface area contributed by atoms with E-state index in [9.17, 15) is 0 Å². The van der Waals surface area contributed by atoms with Gasteiger partial charge < -0.3 is 14.9 Å². The number of hydrogen-bond donors (Lipinski definition) is 1. The zero-order valence-corrected chi connectivity index (χ0v) is 8.43. The molecule has 1 heterocycles. The summed E-state index contributed by atoms with van der Waals surface area (Å²) in [6, 6.07) is 7.51. The van der Waals surface area contributed by atoms with Gasteiger partial charge in [-0.25, -0.2) is 4.98 Å². The van der Waals surface area contributed by atoms with Crippen molar-refractivity contribution < 1.29 is 9.15 Å². The van der Waals surface area contributed by atoms with Crippen LogP contribution in [0.3, 0.4) is 0 Å². The minimum Gasteiger partial charge on any atom is -0.497 e. The third-order valence-electron chi connectivity index (χ3n) is 2.09. The van der Waals surface area contributed by atoms with Gasteiger partial charge in [-0.05, 0) is 24.3 Å². The molecule has 15 heavy (non-hydrogen) atoms. The van der Waals surface area contributed by atoms with E-state index in [1.165, 1.54) is 0 Å². The molecule has 0 fully saturated rings. The fraction of sp³-hybridized carbons (Fsp3) is 0.182. The van der Waals surface area contributed by atoms with Gasteiger partial charge in [0.1, 0.15) is 11.5 Å². The smallest absolute Gasteiger partial charge is 0.226 e. The zero-order valence-electron chi connectivity index (χ0n) is 8.43. The van der Waals surface area contributed by atoms with Gasteiger partial charge in [-0.1, -0.05) is 0 Å². The van der Waals surface area contributed by atoms with Crippen LogP contribution in [0, 0.1) is 0 Å². The van der Waals surface area contributed by atoms with Gasteiger partial charge in [0, 0.05) is 5.56 Å². The minimum absolute atomic E-state index is 0.364. The molecular formula is C11H12N2O2. The maximum Gasteiger partial charge on any atom is 0.226 e. The van der Waals surface area contributed by atoms with Crippen molar-refractivity contribution in [1.82, 2.24) is 4.98 Å². The molecule has 0 unspecified atom stereocenters. The molecule has 0 spiro atoms. The van der Waals surface area contributed by atoms with Crippen molar-refractivity contribution in [3.8, 4) is 17.2 Å². The summed E-state index contributed by atoms with van der Waals surface area (Å²) < 4.78 is 10.5. The Morgan fingerprint density at radius 2 is 2.07 bits per heavy atom. The van der Waals surface area contributed by atoms with E-state index >= 15 is 0 Å². The lowest BCUT2D eigenvalue weighted by molar-refractivity contribution is 0.415. The first kappa shape index (κ1) is 9.73. The van der Waals surface area contributed by atoms with Gasteiger partial charge in [0.05, 0.1) is 19.9 Å². The van der Waals surface area contributed by atoms with E-state index in [0.29, 0.717) is 18.2 Å². The van der Waals surface area contributed by atoms with Crippen molar-refractivity contribution >= 4 is 0 Å². The first-order valence-corrected chi connectivity index (χ1v) is 4.62. The standard InChI is InChI=1S/C11H12N2O2/c1-14-9-4-2-8(3-5-9)11-13-7-10(6-12)15-11/h2-5,7H,6,12H2,1H3. The van der Waals surface area contributed by atoms with Crippen LogP contribution in [0.4, 0.5) is 0 Å². The minimum atomic E-state index is 0.364. The zero-order chi connectivity index (χ0) is 10.7. The summed E-state index contributed by atoms with van der Waals surface area (Å²) in [5.41, 5.74) is 6.35. The van der Waals surface area contributed by atoms with E-state index in [2.05, 4.69) is 4.98 Å². The van der Waals surface area contributed by atoms with Crippen LogP contribution in [0.5, 0.6) is 5.75 Å². The molecule has 0 saturated heterocycles. The van der Waals surface area contributed by atoms with E-state index in [1.807, 2.05) is 24.3 Å². The number of nitrogens with two attached hydrogens (primary N) is 1. The normalized spacial score (nSPS) is 10.3. The first-order chi connectivity index (χ1) is 7.33. The molecule has 4 nitrogen and oxygen atoms in total. The Morgan fingerprint density at radius 3 is 2.60 bits per heavy atom. The molecule has 0 aliphatic heterocycles. The summed E-state index contributed by atoms with van der Waals surface area (Å²) in [7, 11) is 1.63. The summed E-state index contributed by atoms with van der Waals surface area (Å²) >= 11 is 0.